The third-order valence-corrected chi connectivity index (χ3v) is 4.19. The zero-order valence-electron chi connectivity index (χ0n) is 13.5. The molecule has 0 spiro atoms. The molecule has 1 N–H and O–H groups in total. The average molecular weight is 321 g/mol. The lowest BCUT2D eigenvalue weighted by Gasteiger charge is -2.28. The van der Waals surface area contributed by atoms with Crippen molar-refractivity contribution in [2.24, 2.45) is 5.41 Å². The van der Waals surface area contributed by atoms with Gasteiger partial charge in [0.15, 0.2) is 0 Å². The molecule has 0 aliphatic carbocycles. The van der Waals surface area contributed by atoms with Gasteiger partial charge in [-0.2, -0.15) is 0 Å². The standard InChI is InChI=1S/C17H21ClN2O2/c1-10-14(16(21)19-11(2)17(3,4)5)15(20-22-10)12-8-6-7-9-13(12)18/h6-9,11H,1-5H3,(H,19,21)/t11-/m0/s1. The van der Waals surface area contributed by atoms with E-state index in [4.69, 9.17) is 16.1 Å². The minimum absolute atomic E-state index is 0.00777. The molecule has 2 rings (SSSR count). The number of carbonyl (C=O) groups excluding carboxylic acids is 1. The minimum Gasteiger partial charge on any atom is -0.360 e. The summed E-state index contributed by atoms with van der Waals surface area (Å²) in [5, 5.41) is 7.56. The molecule has 4 nitrogen and oxygen atoms in total. The minimum atomic E-state index is -0.198. The van der Waals surface area contributed by atoms with Gasteiger partial charge in [-0.25, -0.2) is 0 Å². The third-order valence-electron chi connectivity index (χ3n) is 3.87. The van der Waals surface area contributed by atoms with Crippen molar-refractivity contribution in [3.63, 3.8) is 0 Å². The summed E-state index contributed by atoms with van der Waals surface area (Å²) in [5.74, 6) is 0.282. The average Bonchev–Trinajstić information content (AvgIpc) is 2.80. The Kier molecular flexibility index (Phi) is 4.61. The molecule has 5 heteroatoms. The van der Waals surface area contributed by atoms with Crippen LogP contribution in [0.3, 0.4) is 0 Å². The van der Waals surface area contributed by atoms with E-state index in [-0.39, 0.29) is 17.4 Å². The SMILES string of the molecule is Cc1onc(-c2ccccc2Cl)c1C(=O)N[C@@H](C)C(C)(C)C. The number of carbonyl (C=O) groups is 1. The van der Waals surface area contributed by atoms with Crippen molar-refractivity contribution in [1.82, 2.24) is 10.5 Å². The fraction of sp³-hybridized carbons (Fsp3) is 0.412. The van der Waals surface area contributed by atoms with Gasteiger partial charge in [-0.15, -0.1) is 0 Å². The Morgan fingerprint density at radius 2 is 1.95 bits per heavy atom. The number of rotatable bonds is 3. The van der Waals surface area contributed by atoms with Crippen LogP contribution >= 0.6 is 11.6 Å². The highest BCUT2D eigenvalue weighted by Crippen LogP contribution is 2.31. The van der Waals surface area contributed by atoms with Crippen molar-refractivity contribution in [2.75, 3.05) is 0 Å². The molecule has 0 fully saturated rings. The van der Waals surface area contributed by atoms with Crippen molar-refractivity contribution >= 4 is 17.5 Å². The van der Waals surface area contributed by atoms with Gasteiger partial charge in [0.25, 0.3) is 5.91 Å². The van der Waals surface area contributed by atoms with Crippen LogP contribution in [0.4, 0.5) is 0 Å². The fourth-order valence-electron chi connectivity index (χ4n) is 1.96. The molecule has 0 saturated heterocycles. The molecule has 0 bridgehead atoms. The summed E-state index contributed by atoms with van der Waals surface area (Å²) in [7, 11) is 0. The van der Waals surface area contributed by atoms with Crippen LogP contribution in [-0.4, -0.2) is 17.1 Å². The van der Waals surface area contributed by atoms with Gasteiger partial charge >= 0.3 is 0 Å². The molecule has 1 heterocycles. The van der Waals surface area contributed by atoms with E-state index in [9.17, 15) is 4.79 Å². The van der Waals surface area contributed by atoms with E-state index in [0.29, 0.717) is 27.6 Å². The number of nitrogens with one attached hydrogen (secondary N) is 1. The van der Waals surface area contributed by atoms with E-state index in [0.717, 1.165) is 0 Å². The van der Waals surface area contributed by atoms with Gasteiger partial charge in [0.1, 0.15) is 17.0 Å². The third kappa shape index (κ3) is 3.33. The molecule has 118 valence electrons. The van der Waals surface area contributed by atoms with E-state index in [1.165, 1.54) is 0 Å². The Hall–Kier alpha value is -1.81. The smallest absolute Gasteiger partial charge is 0.257 e. The molecular formula is C17H21ClN2O2. The van der Waals surface area contributed by atoms with Crippen LogP contribution in [-0.2, 0) is 0 Å². The number of benzene rings is 1. The molecule has 0 unspecified atom stereocenters. The zero-order valence-corrected chi connectivity index (χ0v) is 14.3. The molecule has 0 aliphatic heterocycles. The van der Waals surface area contributed by atoms with Crippen LogP contribution in [0, 0.1) is 12.3 Å². The first-order valence-corrected chi connectivity index (χ1v) is 7.61. The monoisotopic (exact) mass is 320 g/mol. The van der Waals surface area contributed by atoms with Crippen molar-refractivity contribution in [2.45, 2.75) is 40.7 Å². The molecule has 0 aliphatic rings. The van der Waals surface area contributed by atoms with Crippen molar-refractivity contribution in [3.05, 3.63) is 40.6 Å². The summed E-state index contributed by atoms with van der Waals surface area (Å²) < 4.78 is 5.22. The number of halogens is 1. The second-order valence-electron chi connectivity index (χ2n) is 6.50. The van der Waals surface area contributed by atoms with Crippen LogP contribution in [0.5, 0.6) is 0 Å². The first kappa shape index (κ1) is 16.6. The van der Waals surface area contributed by atoms with Crippen LogP contribution in [0.15, 0.2) is 28.8 Å². The highest BCUT2D eigenvalue weighted by Gasteiger charge is 2.27. The summed E-state index contributed by atoms with van der Waals surface area (Å²) in [6, 6.07) is 7.28. The van der Waals surface area contributed by atoms with Gasteiger partial charge in [0, 0.05) is 11.6 Å². The number of hydrogen-bond acceptors (Lipinski definition) is 3. The lowest BCUT2D eigenvalue weighted by atomic mass is 9.88. The molecule has 1 aromatic heterocycles. The number of aromatic nitrogens is 1. The van der Waals surface area contributed by atoms with Gasteiger partial charge in [-0.3, -0.25) is 4.79 Å². The maximum atomic E-state index is 12.6. The van der Waals surface area contributed by atoms with Gasteiger partial charge in [0.05, 0.1) is 5.02 Å². The van der Waals surface area contributed by atoms with Crippen LogP contribution in [0.1, 0.15) is 43.8 Å². The lowest BCUT2D eigenvalue weighted by Crippen LogP contribution is -2.41. The van der Waals surface area contributed by atoms with Crippen molar-refractivity contribution in [1.29, 1.82) is 0 Å². The number of hydrogen-bond donors (Lipinski definition) is 1. The lowest BCUT2D eigenvalue weighted by molar-refractivity contribution is 0.0909. The number of amides is 1. The molecule has 1 amide bonds. The molecule has 1 atom stereocenters. The van der Waals surface area contributed by atoms with E-state index in [1.807, 2.05) is 25.1 Å². The highest BCUT2D eigenvalue weighted by atomic mass is 35.5. The first-order chi connectivity index (χ1) is 10.2. The normalized spacial score (nSPS) is 13.0. The van der Waals surface area contributed by atoms with Gasteiger partial charge in [-0.1, -0.05) is 55.7 Å². The van der Waals surface area contributed by atoms with Crippen LogP contribution in [0.25, 0.3) is 11.3 Å². The summed E-state index contributed by atoms with van der Waals surface area (Å²) in [6.07, 6.45) is 0. The summed E-state index contributed by atoms with van der Waals surface area (Å²) in [5.41, 5.74) is 1.56. The summed E-state index contributed by atoms with van der Waals surface area (Å²) in [6.45, 7) is 9.94. The summed E-state index contributed by atoms with van der Waals surface area (Å²) in [4.78, 5) is 12.6. The fourth-order valence-corrected chi connectivity index (χ4v) is 2.19. The maximum Gasteiger partial charge on any atom is 0.257 e. The summed E-state index contributed by atoms with van der Waals surface area (Å²) >= 11 is 6.21. The Bertz CT molecular complexity index is 686. The predicted molar refractivity (Wildman–Crippen MR) is 88.1 cm³/mol. The van der Waals surface area contributed by atoms with Gasteiger partial charge < -0.3 is 9.84 Å². The number of aryl methyl sites for hydroxylation is 1. The highest BCUT2D eigenvalue weighted by molar-refractivity contribution is 6.33. The topological polar surface area (TPSA) is 55.1 Å². The Labute approximate surface area is 135 Å². The molecule has 22 heavy (non-hydrogen) atoms. The molecule has 2 aromatic rings. The van der Waals surface area contributed by atoms with E-state index >= 15 is 0 Å². The second-order valence-corrected chi connectivity index (χ2v) is 6.91. The Balaban J connectivity index is 2.39. The Morgan fingerprint density at radius 1 is 1.32 bits per heavy atom. The zero-order chi connectivity index (χ0) is 16.5. The van der Waals surface area contributed by atoms with Crippen LogP contribution in [0.2, 0.25) is 5.02 Å². The van der Waals surface area contributed by atoms with Crippen molar-refractivity contribution < 1.29 is 9.32 Å². The van der Waals surface area contributed by atoms with Gasteiger partial charge in [0.2, 0.25) is 0 Å². The van der Waals surface area contributed by atoms with Crippen molar-refractivity contribution in [3.8, 4) is 11.3 Å². The largest absolute Gasteiger partial charge is 0.360 e. The maximum absolute atomic E-state index is 12.6. The van der Waals surface area contributed by atoms with Gasteiger partial charge in [-0.05, 0) is 25.3 Å². The molecule has 0 saturated carbocycles. The van der Waals surface area contributed by atoms with E-state index in [2.05, 4.69) is 31.2 Å². The van der Waals surface area contributed by atoms with Crippen LogP contribution < -0.4 is 5.32 Å². The van der Waals surface area contributed by atoms with E-state index in [1.54, 1.807) is 13.0 Å². The quantitative estimate of drug-likeness (QED) is 0.907. The predicted octanol–water partition coefficient (Wildman–Crippen LogP) is 4.47. The molecule has 0 radical (unpaired) electrons. The van der Waals surface area contributed by atoms with E-state index < -0.39 is 0 Å². The number of nitrogens with zero attached hydrogens (tertiary/aromatic N) is 1. The molecular weight excluding hydrogens is 300 g/mol. The first-order valence-electron chi connectivity index (χ1n) is 7.24. The molecule has 1 aromatic carbocycles. The second kappa shape index (κ2) is 6.13. The Morgan fingerprint density at radius 3 is 2.55 bits per heavy atom.